The topological polar surface area (TPSA) is 56.1 Å². The number of fused-ring (bicyclic) bond motifs is 1. The number of benzene rings is 1. The molecule has 0 unspecified atom stereocenters. The number of hydrogen-bond acceptors (Lipinski definition) is 5. The Morgan fingerprint density at radius 2 is 1.85 bits per heavy atom. The molecule has 0 spiro atoms. The number of aryl methyl sites for hydroxylation is 2. The zero-order chi connectivity index (χ0) is 18.6. The molecule has 0 saturated carbocycles. The highest BCUT2D eigenvalue weighted by Crippen LogP contribution is 2.27. The first-order valence-electron chi connectivity index (χ1n) is 9.55. The number of ether oxygens (including phenoxy) is 1. The highest BCUT2D eigenvalue weighted by molar-refractivity contribution is 5.89. The summed E-state index contributed by atoms with van der Waals surface area (Å²) in [6.45, 7) is 5.28. The van der Waals surface area contributed by atoms with Crippen LogP contribution in [-0.4, -0.2) is 46.1 Å². The van der Waals surface area contributed by atoms with Gasteiger partial charge >= 0.3 is 0 Å². The van der Waals surface area contributed by atoms with Gasteiger partial charge in [-0.15, -0.1) is 0 Å². The van der Waals surface area contributed by atoms with E-state index < -0.39 is 0 Å². The summed E-state index contributed by atoms with van der Waals surface area (Å²) in [6, 6.07) is 10.2. The number of morpholine rings is 1. The minimum absolute atomic E-state index is 0.721. The van der Waals surface area contributed by atoms with Crippen LogP contribution in [-0.2, 0) is 18.2 Å². The van der Waals surface area contributed by atoms with Gasteiger partial charge in [-0.25, -0.2) is 9.97 Å². The average molecular weight is 363 g/mol. The van der Waals surface area contributed by atoms with Crippen molar-refractivity contribution in [3.05, 3.63) is 47.4 Å². The molecule has 1 aliphatic rings. The van der Waals surface area contributed by atoms with Crippen LogP contribution in [0.2, 0.25) is 0 Å². The minimum Gasteiger partial charge on any atom is -0.378 e. The van der Waals surface area contributed by atoms with E-state index >= 15 is 0 Å². The van der Waals surface area contributed by atoms with Crippen LogP contribution in [0.4, 0.5) is 5.82 Å². The molecule has 1 fully saturated rings. The summed E-state index contributed by atoms with van der Waals surface area (Å²) >= 11 is 0. The van der Waals surface area contributed by atoms with Crippen molar-refractivity contribution in [3.63, 3.8) is 0 Å². The van der Waals surface area contributed by atoms with Gasteiger partial charge in [0, 0.05) is 20.1 Å². The normalized spacial score (nSPS) is 15.1. The fraction of sp³-hybridized carbons (Fsp3) is 0.381. The van der Waals surface area contributed by atoms with Gasteiger partial charge in [0.1, 0.15) is 11.0 Å². The average Bonchev–Trinajstić information content (AvgIpc) is 3.03. The lowest BCUT2D eigenvalue weighted by molar-refractivity contribution is 0.122. The molecule has 0 amide bonds. The monoisotopic (exact) mass is 363 g/mol. The van der Waals surface area contributed by atoms with E-state index in [-0.39, 0.29) is 0 Å². The smallest absolute Gasteiger partial charge is 0.159 e. The van der Waals surface area contributed by atoms with Crippen LogP contribution >= 0.6 is 0 Å². The van der Waals surface area contributed by atoms with Gasteiger partial charge in [-0.1, -0.05) is 49.8 Å². The molecule has 0 aliphatic carbocycles. The summed E-state index contributed by atoms with van der Waals surface area (Å²) in [5.74, 6) is 1.67. The zero-order valence-corrected chi connectivity index (χ0v) is 15.9. The third kappa shape index (κ3) is 3.71. The van der Waals surface area contributed by atoms with E-state index in [2.05, 4.69) is 30.0 Å². The van der Waals surface area contributed by atoms with Gasteiger partial charge < -0.3 is 9.64 Å². The summed E-state index contributed by atoms with van der Waals surface area (Å²) < 4.78 is 7.45. The van der Waals surface area contributed by atoms with Crippen LogP contribution in [0, 0.1) is 0 Å². The molecule has 1 saturated heterocycles. The van der Waals surface area contributed by atoms with Crippen molar-refractivity contribution in [3.8, 4) is 0 Å². The fourth-order valence-electron chi connectivity index (χ4n) is 3.45. The largest absolute Gasteiger partial charge is 0.378 e. The van der Waals surface area contributed by atoms with Crippen molar-refractivity contribution in [1.82, 2.24) is 19.7 Å². The van der Waals surface area contributed by atoms with E-state index in [0.29, 0.717) is 0 Å². The van der Waals surface area contributed by atoms with Crippen molar-refractivity contribution in [1.29, 1.82) is 0 Å². The Labute approximate surface area is 159 Å². The lowest BCUT2D eigenvalue weighted by Gasteiger charge is -2.28. The molecule has 0 bridgehead atoms. The van der Waals surface area contributed by atoms with E-state index in [1.165, 1.54) is 0 Å². The molecule has 140 valence electrons. The van der Waals surface area contributed by atoms with Crippen molar-refractivity contribution < 1.29 is 4.74 Å². The van der Waals surface area contributed by atoms with Crippen LogP contribution in [0.25, 0.3) is 23.2 Å². The molecule has 1 aliphatic heterocycles. The molecule has 6 nitrogen and oxygen atoms in total. The summed E-state index contributed by atoms with van der Waals surface area (Å²) in [5.41, 5.74) is 4.15. The first kappa shape index (κ1) is 17.7. The minimum atomic E-state index is 0.721. The van der Waals surface area contributed by atoms with Gasteiger partial charge in [0.25, 0.3) is 0 Å². The lowest BCUT2D eigenvalue weighted by Crippen LogP contribution is -2.37. The van der Waals surface area contributed by atoms with Gasteiger partial charge in [-0.05, 0) is 18.1 Å². The quantitative estimate of drug-likeness (QED) is 0.696. The van der Waals surface area contributed by atoms with Crippen molar-refractivity contribution in [2.24, 2.45) is 7.05 Å². The second kappa shape index (κ2) is 7.88. The second-order valence-corrected chi connectivity index (χ2v) is 6.77. The van der Waals surface area contributed by atoms with E-state index in [1.54, 1.807) is 0 Å². The predicted molar refractivity (Wildman–Crippen MR) is 109 cm³/mol. The molecule has 3 heterocycles. The van der Waals surface area contributed by atoms with Crippen molar-refractivity contribution in [2.45, 2.75) is 19.8 Å². The maximum atomic E-state index is 5.52. The first-order chi connectivity index (χ1) is 13.3. The number of rotatable bonds is 5. The Morgan fingerprint density at radius 1 is 1.07 bits per heavy atom. The summed E-state index contributed by atoms with van der Waals surface area (Å²) in [4.78, 5) is 12.0. The number of hydrogen-bond donors (Lipinski definition) is 0. The molecule has 0 N–H and O–H groups in total. The molecule has 1 aromatic carbocycles. The van der Waals surface area contributed by atoms with Crippen LogP contribution < -0.4 is 4.90 Å². The van der Waals surface area contributed by atoms with Gasteiger partial charge in [0.05, 0.1) is 18.9 Å². The molecular weight excluding hydrogens is 338 g/mol. The van der Waals surface area contributed by atoms with Gasteiger partial charge in [0.15, 0.2) is 11.6 Å². The van der Waals surface area contributed by atoms with Crippen LogP contribution in [0.3, 0.4) is 0 Å². The fourth-order valence-corrected chi connectivity index (χ4v) is 3.45. The Kier molecular flexibility index (Phi) is 5.16. The SMILES string of the molecule is CCCc1nn(C)c2c(N3CCOCC3)nc(/C=C/c3ccccc3)nc12. The first-order valence-corrected chi connectivity index (χ1v) is 9.55. The Balaban J connectivity index is 1.81. The summed E-state index contributed by atoms with van der Waals surface area (Å²) in [5, 5.41) is 4.73. The van der Waals surface area contributed by atoms with Crippen molar-refractivity contribution >= 4 is 29.0 Å². The molecule has 6 heteroatoms. The van der Waals surface area contributed by atoms with E-state index in [4.69, 9.17) is 19.8 Å². The molecule has 0 radical (unpaired) electrons. The number of nitrogens with zero attached hydrogens (tertiary/aromatic N) is 5. The molecule has 3 aromatic rings. The van der Waals surface area contributed by atoms with E-state index in [9.17, 15) is 0 Å². The molecule has 0 atom stereocenters. The molecule has 2 aromatic heterocycles. The lowest BCUT2D eigenvalue weighted by atomic mass is 10.2. The molecule has 27 heavy (non-hydrogen) atoms. The maximum Gasteiger partial charge on any atom is 0.159 e. The second-order valence-electron chi connectivity index (χ2n) is 6.77. The highest BCUT2D eigenvalue weighted by Gasteiger charge is 2.21. The van der Waals surface area contributed by atoms with Gasteiger partial charge in [0.2, 0.25) is 0 Å². The zero-order valence-electron chi connectivity index (χ0n) is 15.9. The molecular formula is C21H25N5O. The standard InChI is InChI=1S/C21H25N5O/c1-3-7-17-19-20(25(2)24-17)21(26-12-14-27-15-13-26)23-18(22-19)11-10-16-8-5-4-6-9-16/h4-6,8-11H,3,7,12-15H2,1-2H3/b11-10+. The van der Waals surface area contributed by atoms with E-state index in [0.717, 1.165) is 73.1 Å². The summed E-state index contributed by atoms with van der Waals surface area (Å²) in [7, 11) is 1.98. The van der Waals surface area contributed by atoms with E-state index in [1.807, 2.05) is 36.0 Å². The number of anilines is 1. The van der Waals surface area contributed by atoms with Crippen LogP contribution in [0.1, 0.15) is 30.4 Å². The third-order valence-electron chi connectivity index (χ3n) is 4.77. The van der Waals surface area contributed by atoms with Crippen LogP contribution in [0.5, 0.6) is 0 Å². The predicted octanol–water partition coefficient (Wildman–Crippen LogP) is 3.32. The van der Waals surface area contributed by atoms with Crippen LogP contribution in [0.15, 0.2) is 30.3 Å². The Bertz CT molecular complexity index is 942. The Morgan fingerprint density at radius 3 is 2.59 bits per heavy atom. The van der Waals surface area contributed by atoms with Gasteiger partial charge in [-0.3, -0.25) is 4.68 Å². The summed E-state index contributed by atoms with van der Waals surface area (Å²) in [6.07, 6.45) is 6.00. The highest BCUT2D eigenvalue weighted by atomic mass is 16.5. The maximum absolute atomic E-state index is 5.52. The van der Waals surface area contributed by atoms with Crippen molar-refractivity contribution in [2.75, 3.05) is 31.2 Å². The Hall–Kier alpha value is -2.73. The third-order valence-corrected chi connectivity index (χ3v) is 4.77. The van der Waals surface area contributed by atoms with Gasteiger partial charge in [-0.2, -0.15) is 5.10 Å². The number of aromatic nitrogens is 4. The molecule has 4 rings (SSSR count).